The Bertz CT molecular complexity index is 1340. The number of methoxy groups -OCH3 is 1. The molecule has 2 aliphatic heterocycles. The smallest absolute Gasteiger partial charge is 0.292 e. The number of amidine groups is 1. The van der Waals surface area contributed by atoms with Crippen LogP contribution in [0.3, 0.4) is 0 Å². The Labute approximate surface area is 215 Å². The van der Waals surface area contributed by atoms with Crippen LogP contribution in [-0.4, -0.2) is 41.8 Å². The van der Waals surface area contributed by atoms with Gasteiger partial charge in [0.1, 0.15) is 11.8 Å². The van der Waals surface area contributed by atoms with E-state index in [1.807, 2.05) is 35.7 Å². The van der Waals surface area contributed by atoms with E-state index in [-0.39, 0.29) is 0 Å². The number of aryl methyl sites for hydroxylation is 2. The van der Waals surface area contributed by atoms with Crippen LogP contribution in [0.15, 0.2) is 64.1 Å². The van der Waals surface area contributed by atoms with E-state index in [1.54, 1.807) is 18.4 Å². The second-order valence-electron chi connectivity index (χ2n) is 9.33. The number of likely N-dealkylation sites (tertiary alicyclic amines) is 1. The molecule has 0 bridgehead atoms. The largest absolute Gasteiger partial charge is 0.468 e. The standard InChI is InChI=1S/C28H29N5O2S/c1-19-9-10-20(2)23(15-19)31-27(34-3)33-13-11-21(12-14-33)26-30-25(17-36-26)24-16-28(18-29,35-32-24)22-7-5-4-6-8-22/h4-10,15,17,21H,11-14,16H2,1-3H3. The first-order valence-corrected chi connectivity index (χ1v) is 13.0. The molecule has 5 rings (SSSR count). The molecule has 1 saturated heterocycles. The number of aromatic nitrogens is 1. The topological polar surface area (TPSA) is 83.1 Å². The summed E-state index contributed by atoms with van der Waals surface area (Å²) < 4.78 is 5.67. The SMILES string of the molecule is COC(=Nc1cc(C)ccc1C)N1CCC(c2nc(C3=NOC(C#N)(c4ccccc4)C3)cs2)CC1. The highest BCUT2D eigenvalue weighted by Gasteiger charge is 2.42. The molecule has 1 aromatic heterocycles. The summed E-state index contributed by atoms with van der Waals surface area (Å²) in [6.07, 6.45) is 2.33. The van der Waals surface area contributed by atoms with Crippen molar-refractivity contribution in [2.24, 2.45) is 10.1 Å². The quantitative estimate of drug-likeness (QED) is 0.334. The van der Waals surface area contributed by atoms with Crippen molar-refractivity contribution in [3.05, 3.63) is 81.3 Å². The fraction of sp³-hybridized carbons (Fsp3) is 0.357. The van der Waals surface area contributed by atoms with Gasteiger partial charge >= 0.3 is 0 Å². The number of nitrogens with zero attached hydrogens (tertiary/aromatic N) is 5. The van der Waals surface area contributed by atoms with Gasteiger partial charge in [-0.1, -0.05) is 47.6 Å². The number of hydrogen-bond donors (Lipinski definition) is 0. The van der Waals surface area contributed by atoms with Crippen molar-refractivity contribution in [1.82, 2.24) is 9.88 Å². The minimum Gasteiger partial charge on any atom is -0.468 e. The van der Waals surface area contributed by atoms with E-state index < -0.39 is 5.60 Å². The molecule has 184 valence electrons. The van der Waals surface area contributed by atoms with Crippen molar-refractivity contribution in [3.63, 3.8) is 0 Å². The number of nitriles is 1. The maximum absolute atomic E-state index is 9.86. The lowest BCUT2D eigenvalue weighted by Crippen LogP contribution is -2.38. The Morgan fingerprint density at radius 2 is 1.97 bits per heavy atom. The highest BCUT2D eigenvalue weighted by Crippen LogP contribution is 2.37. The van der Waals surface area contributed by atoms with Crippen LogP contribution < -0.4 is 0 Å². The summed E-state index contributed by atoms with van der Waals surface area (Å²) in [4.78, 5) is 17.6. The average molecular weight is 500 g/mol. The van der Waals surface area contributed by atoms with Gasteiger partial charge in [0.25, 0.3) is 11.6 Å². The van der Waals surface area contributed by atoms with Gasteiger partial charge in [0, 0.05) is 30.0 Å². The number of benzene rings is 2. The lowest BCUT2D eigenvalue weighted by molar-refractivity contribution is 0.0243. The molecule has 8 heteroatoms. The molecule has 1 atom stereocenters. The molecule has 0 amide bonds. The summed E-state index contributed by atoms with van der Waals surface area (Å²) in [5, 5.41) is 17.3. The van der Waals surface area contributed by atoms with Crippen molar-refractivity contribution in [3.8, 4) is 6.07 Å². The van der Waals surface area contributed by atoms with Gasteiger partial charge in [-0.2, -0.15) is 10.3 Å². The number of oxime groups is 1. The number of hydrogen-bond acceptors (Lipinski definition) is 7. The maximum Gasteiger partial charge on any atom is 0.292 e. The highest BCUT2D eigenvalue weighted by atomic mass is 32.1. The third-order valence-electron chi connectivity index (χ3n) is 6.84. The third-order valence-corrected chi connectivity index (χ3v) is 7.85. The van der Waals surface area contributed by atoms with Crippen LogP contribution in [0.25, 0.3) is 0 Å². The summed E-state index contributed by atoms with van der Waals surface area (Å²) in [5.74, 6) is 0.372. The van der Waals surface area contributed by atoms with E-state index in [0.29, 0.717) is 18.4 Å². The number of ether oxygens (including phenoxy) is 1. The summed E-state index contributed by atoms with van der Waals surface area (Å²) in [5.41, 5.74) is 4.51. The molecule has 3 aromatic rings. The van der Waals surface area contributed by atoms with Gasteiger partial charge in [-0.15, -0.1) is 11.3 Å². The van der Waals surface area contributed by atoms with Gasteiger partial charge in [0.2, 0.25) is 0 Å². The maximum atomic E-state index is 9.86. The van der Waals surface area contributed by atoms with Crippen molar-refractivity contribution in [2.45, 2.75) is 44.6 Å². The van der Waals surface area contributed by atoms with Crippen molar-refractivity contribution < 1.29 is 9.57 Å². The molecule has 0 aliphatic carbocycles. The molecule has 7 nitrogen and oxygen atoms in total. The van der Waals surface area contributed by atoms with E-state index >= 15 is 0 Å². The second kappa shape index (κ2) is 10.1. The first-order chi connectivity index (χ1) is 17.5. The van der Waals surface area contributed by atoms with Crippen LogP contribution in [0.4, 0.5) is 5.69 Å². The number of rotatable bonds is 4. The Morgan fingerprint density at radius 1 is 1.19 bits per heavy atom. The van der Waals surface area contributed by atoms with Gasteiger partial charge in [-0.25, -0.2) is 4.98 Å². The number of aliphatic imine (C=N–C) groups is 1. The molecule has 2 aliphatic rings. The van der Waals surface area contributed by atoms with Crippen LogP contribution in [0.1, 0.15) is 52.6 Å². The highest BCUT2D eigenvalue weighted by molar-refractivity contribution is 7.10. The first-order valence-electron chi connectivity index (χ1n) is 12.1. The lowest BCUT2D eigenvalue weighted by Gasteiger charge is -2.32. The van der Waals surface area contributed by atoms with Crippen molar-refractivity contribution in [1.29, 1.82) is 5.26 Å². The van der Waals surface area contributed by atoms with Gasteiger partial charge in [-0.05, 0) is 43.9 Å². The summed E-state index contributed by atoms with van der Waals surface area (Å²) in [6.45, 7) is 5.85. The average Bonchev–Trinajstić information content (AvgIpc) is 3.58. The monoisotopic (exact) mass is 499 g/mol. The third kappa shape index (κ3) is 4.71. The van der Waals surface area contributed by atoms with Crippen LogP contribution >= 0.6 is 11.3 Å². The predicted molar refractivity (Wildman–Crippen MR) is 142 cm³/mol. The van der Waals surface area contributed by atoms with Crippen LogP contribution in [0, 0.1) is 25.2 Å². The lowest BCUT2D eigenvalue weighted by atomic mass is 9.90. The first kappa shape index (κ1) is 24.0. The number of thiazole rings is 1. The minimum atomic E-state index is -1.09. The van der Waals surface area contributed by atoms with E-state index in [1.165, 1.54) is 5.56 Å². The van der Waals surface area contributed by atoms with Gasteiger partial charge in [-0.3, -0.25) is 0 Å². The molecule has 1 unspecified atom stereocenters. The van der Waals surface area contributed by atoms with Crippen LogP contribution in [0.5, 0.6) is 0 Å². The Hall–Kier alpha value is -3.70. The summed E-state index contributed by atoms with van der Waals surface area (Å²) in [6, 6.07) is 18.8. The van der Waals surface area contributed by atoms with E-state index in [4.69, 9.17) is 19.6 Å². The van der Waals surface area contributed by atoms with Crippen molar-refractivity contribution in [2.75, 3.05) is 20.2 Å². The zero-order chi connectivity index (χ0) is 25.1. The second-order valence-corrected chi connectivity index (χ2v) is 10.2. The Morgan fingerprint density at radius 3 is 2.69 bits per heavy atom. The fourth-order valence-electron chi connectivity index (χ4n) is 4.67. The predicted octanol–water partition coefficient (Wildman–Crippen LogP) is 5.82. The zero-order valence-electron chi connectivity index (χ0n) is 20.8. The van der Waals surface area contributed by atoms with Gasteiger partial charge < -0.3 is 14.5 Å². The van der Waals surface area contributed by atoms with Gasteiger partial charge in [0.15, 0.2) is 0 Å². The molecule has 0 radical (unpaired) electrons. The summed E-state index contributed by atoms with van der Waals surface area (Å²) in [7, 11) is 1.68. The Balaban J connectivity index is 1.24. The van der Waals surface area contributed by atoms with Crippen molar-refractivity contribution >= 4 is 28.8 Å². The normalized spacial score (nSPS) is 20.6. The van der Waals surface area contributed by atoms with E-state index in [9.17, 15) is 5.26 Å². The molecule has 36 heavy (non-hydrogen) atoms. The molecule has 0 saturated carbocycles. The van der Waals surface area contributed by atoms with E-state index in [0.717, 1.165) is 59.2 Å². The van der Waals surface area contributed by atoms with Crippen LogP contribution in [0.2, 0.25) is 0 Å². The fourth-order valence-corrected chi connectivity index (χ4v) is 5.67. The molecule has 3 heterocycles. The van der Waals surface area contributed by atoms with E-state index in [2.05, 4.69) is 48.2 Å². The Kier molecular flexibility index (Phi) is 6.75. The molecular formula is C28H29N5O2S. The van der Waals surface area contributed by atoms with Crippen LogP contribution in [-0.2, 0) is 15.2 Å². The molecule has 1 fully saturated rings. The molecule has 2 aromatic carbocycles. The van der Waals surface area contributed by atoms with Gasteiger partial charge in [0.05, 0.1) is 29.9 Å². The number of piperidine rings is 1. The minimum absolute atomic E-state index is 0.372. The molecule has 0 N–H and O–H groups in total. The summed E-state index contributed by atoms with van der Waals surface area (Å²) >= 11 is 1.66. The molecular weight excluding hydrogens is 470 g/mol. The molecule has 0 spiro atoms. The zero-order valence-corrected chi connectivity index (χ0v) is 21.6.